The molecule has 0 aromatic heterocycles. The highest BCUT2D eigenvalue weighted by atomic mass is 35.5. The van der Waals surface area contributed by atoms with Crippen molar-refractivity contribution in [2.45, 2.75) is 0 Å². The Balaban J connectivity index is 3.08. The summed E-state index contributed by atoms with van der Waals surface area (Å²) in [5, 5.41) is 0.444. The molecule has 0 atom stereocenters. The van der Waals surface area contributed by atoms with Crippen LogP contribution in [-0.4, -0.2) is 20.2 Å². The first-order chi connectivity index (χ1) is 6.17. The van der Waals surface area contributed by atoms with Crippen molar-refractivity contribution in [1.82, 2.24) is 0 Å². The summed E-state index contributed by atoms with van der Waals surface area (Å²) in [7, 11) is 2.82. The average Bonchev–Trinajstić information content (AvgIpc) is 2.15. The largest absolute Gasteiger partial charge is 0.497 e. The van der Waals surface area contributed by atoms with E-state index in [-0.39, 0.29) is 0 Å². The molecule has 0 radical (unpaired) electrons. The van der Waals surface area contributed by atoms with Crippen molar-refractivity contribution in [3.63, 3.8) is 0 Å². The topological polar surface area (TPSA) is 35.5 Å². The maximum absolute atomic E-state index is 11.1. The Labute approximate surface area is 81.2 Å². The molecular formula is C9H9ClO3. The highest BCUT2D eigenvalue weighted by Gasteiger charge is 2.07. The number of benzene rings is 1. The zero-order valence-electron chi connectivity index (χ0n) is 7.33. The van der Waals surface area contributed by atoms with E-state index in [1.807, 2.05) is 0 Å². The molecule has 0 fully saturated rings. The van der Waals surface area contributed by atoms with Gasteiger partial charge in [0.25, 0.3) is 0 Å². The molecule has 1 aromatic carbocycles. The highest BCUT2D eigenvalue weighted by molar-refractivity contribution is 6.31. The van der Waals surface area contributed by atoms with E-state index in [4.69, 9.17) is 16.3 Å². The minimum atomic E-state index is -0.430. The third-order valence-corrected chi connectivity index (χ3v) is 1.75. The van der Waals surface area contributed by atoms with E-state index in [0.717, 1.165) is 0 Å². The van der Waals surface area contributed by atoms with Crippen LogP contribution in [0.2, 0.25) is 5.02 Å². The molecule has 70 valence electrons. The quantitative estimate of drug-likeness (QED) is 0.687. The first-order valence-corrected chi connectivity index (χ1v) is 3.98. The van der Waals surface area contributed by atoms with Gasteiger partial charge in [-0.15, -0.1) is 0 Å². The number of esters is 1. The first-order valence-electron chi connectivity index (χ1n) is 3.60. The van der Waals surface area contributed by atoms with E-state index in [1.54, 1.807) is 12.1 Å². The number of hydrogen-bond donors (Lipinski definition) is 0. The lowest BCUT2D eigenvalue weighted by atomic mass is 10.2. The Bertz CT molecular complexity index is 323. The molecule has 4 heteroatoms. The van der Waals surface area contributed by atoms with Crippen LogP contribution in [0.4, 0.5) is 0 Å². The molecule has 0 heterocycles. The van der Waals surface area contributed by atoms with Crippen LogP contribution in [0.15, 0.2) is 18.2 Å². The predicted molar refractivity (Wildman–Crippen MR) is 49.3 cm³/mol. The summed E-state index contributed by atoms with van der Waals surface area (Å²) >= 11 is 5.74. The summed E-state index contributed by atoms with van der Waals surface area (Å²) in [4.78, 5) is 11.1. The molecule has 1 aromatic rings. The first kappa shape index (κ1) is 9.86. The molecule has 0 saturated heterocycles. The van der Waals surface area contributed by atoms with Gasteiger partial charge < -0.3 is 9.47 Å². The second kappa shape index (κ2) is 4.14. The fourth-order valence-electron chi connectivity index (χ4n) is 0.916. The Morgan fingerprint density at radius 2 is 2.00 bits per heavy atom. The molecule has 0 aliphatic carbocycles. The van der Waals surface area contributed by atoms with Crippen LogP contribution in [0.3, 0.4) is 0 Å². The molecule has 0 spiro atoms. The van der Waals surface area contributed by atoms with Gasteiger partial charge in [0.15, 0.2) is 0 Å². The van der Waals surface area contributed by atoms with Gasteiger partial charge in [0, 0.05) is 5.02 Å². The van der Waals surface area contributed by atoms with E-state index in [2.05, 4.69) is 4.74 Å². The molecule has 0 unspecified atom stereocenters. The van der Waals surface area contributed by atoms with Crippen molar-refractivity contribution in [2.75, 3.05) is 14.2 Å². The number of ether oxygens (including phenoxy) is 2. The van der Waals surface area contributed by atoms with E-state index < -0.39 is 5.97 Å². The lowest BCUT2D eigenvalue weighted by molar-refractivity contribution is 0.0600. The number of hydrogen-bond acceptors (Lipinski definition) is 3. The second-order valence-electron chi connectivity index (χ2n) is 2.37. The Kier molecular flexibility index (Phi) is 3.14. The van der Waals surface area contributed by atoms with Crippen molar-refractivity contribution in [1.29, 1.82) is 0 Å². The van der Waals surface area contributed by atoms with Gasteiger partial charge in [-0.05, 0) is 18.2 Å². The van der Waals surface area contributed by atoms with Crippen LogP contribution < -0.4 is 4.74 Å². The highest BCUT2D eigenvalue weighted by Crippen LogP contribution is 2.20. The molecule has 0 bridgehead atoms. The smallest absolute Gasteiger partial charge is 0.338 e. The summed E-state index contributed by atoms with van der Waals surface area (Å²) < 4.78 is 9.48. The van der Waals surface area contributed by atoms with Gasteiger partial charge >= 0.3 is 5.97 Å². The van der Waals surface area contributed by atoms with Crippen molar-refractivity contribution in [2.24, 2.45) is 0 Å². The maximum atomic E-state index is 11.1. The van der Waals surface area contributed by atoms with Crippen LogP contribution in [0, 0.1) is 0 Å². The lowest BCUT2D eigenvalue weighted by Crippen LogP contribution is -2.01. The third-order valence-electron chi connectivity index (χ3n) is 1.53. The van der Waals surface area contributed by atoms with Crippen molar-refractivity contribution in [3.05, 3.63) is 28.8 Å². The zero-order chi connectivity index (χ0) is 9.84. The minimum Gasteiger partial charge on any atom is -0.497 e. The zero-order valence-corrected chi connectivity index (χ0v) is 8.09. The number of carbonyl (C=O) groups is 1. The predicted octanol–water partition coefficient (Wildman–Crippen LogP) is 2.14. The monoisotopic (exact) mass is 200 g/mol. The molecule has 0 saturated carbocycles. The van der Waals surface area contributed by atoms with E-state index in [0.29, 0.717) is 16.3 Å². The second-order valence-corrected chi connectivity index (χ2v) is 2.81. The Morgan fingerprint density at radius 1 is 1.31 bits per heavy atom. The minimum absolute atomic E-state index is 0.381. The fourth-order valence-corrected chi connectivity index (χ4v) is 1.14. The number of halogens is 1. The molecule has 0 aliphatic rings. The Morgan fingerprint density at radius 3 is 2.54 bits per heavy atom. The molecule has 13 heavy (non-hydrogen) atoms. The van der Waals surface area contributed by atoms with Crippen molar-refractivity contribution in [3.8, 4) is 5.75 Å². The van der Waals surface area contributed by atoms with Gasteiger partial charge in [-0.2, -0.15) is 0 Å². The van der Waals surface area contributed by atoms with Gasteiger partial charge in [-0.1, -0.05) is 11.6 Å². The summed E-state index contributed by atoms with van der Waals surface area (Å²) in [5.41, 5.74) is 0.381. The average molecular weight is 201 g/mol. The lowest BCUT2D eigenvalue weighted by Gasteiger charge is -2.03. The maximum Gasteiger partial charge on any atom is 0.338 e. The molecule has 3 nitrogen and oxygen atoms in total. The molecule has 1 rings (SSSR count). The number of rotatable bonds is 2. The van der Waals surface area contributed by atoms with Crippen LogP contribution in [-0.2, 0) is 4.74 Å². The van der Waals surface area contributed by atoms with Crippen LogP contribution in [0.1, 0.15) is 10.4 Å². The van der Waals surface area contributed by atoms with Crippen LogP contribution >= 0.6 is 11.6 Å². The van der Waals surface area contributed by atoms with Crippen LogP contribution in [0.25, 0.3) is 0 Å². The van der Waals surface area contributed by atoms with Gasteiger partial charge in [-0.25, -0.2) is 4.79 Å². The van der Waals surface area contributed by atoms with Crippen molar-refractivity contribution < 1.29 is 14.3 Å². The number of methoxy groups -OCH3 is 2. The SMILES string of the molecule is COC(=O)c1cc(Cl)cc(OC)c1. The van der Waals surface area contributed by atoms with Gasteiger partial charge in [0.1, 0.15) is 5.75 Å². The Hall–Kier alpha value is -1.22. The fraction of sp³-hybridized carbons (Fsp3) is 0.222. The van der Waals surface area contributed by atoms with E-state index in [1.165, 1.54) is 20.3 Å². The third kappa shape index (κ3) is 2.36. The molecule has 0 N–H and O–H groups in total. The molecule has 0 aliphatic heterocycles. The van der Waals surface area contributed by atoms with Gasteiger partial charge in [-0.3, -0.25) is 0 Å². The van der Waals surface area contributed by atoms with Gasteiger partial charge in [0.05, 0.1) is 19.8 Å². The molecular weight excluding hydrogens is 192 g/mol. The van der Waals surface area contributed by atoms with E-state index >= 15 is 0 Å². The summed E-state index contributed by atoms with van der Waals surface area (Å²) in [6.45, 7) is 0. The number of carbonyl (C=O) groups excluding carboxylic acids is 1. The van der Waals surface area contributed by atoms with Crippen LogP contribution in [0.5, 0.6) is 5.75 Å². The molecule has 0 amide bonds. The summed E-state index contributed by atoms with van der Waals surface area (Å²) in [6.07, 6.45) is 0. The van der Waals surface area contributed by atoms with Gasteiger partial charge in [0.2, 0.25) is 0 Å². The summed E-state index contributed by atoms with van der Waals surface area (Å²) in [6, 6.07) is 4.71. The van der Waals surface area contributed by atoms with Crippen molar-refractivity contribution >= 4 is 17.6 Å². The normalized spacial score (nSPS) is 9.46. The van der Waals surface area contributed by atoms with E-state index in [9.17, 15) is 4.79 Å². The summed E-state index contributed by atoms with van der Waals surface area (Å²) in [5.74, 6) is 0.105. The standard InChI is InChI=1S/C9H9ClO3/c1-12-8-4-6(9(11)13-2)3-7(10)5-8/h3-5H,1-2H3.